The van der Waals surface area contributed by atoms with E-state index in [-0.39, 0.29) is 0 Å². The average Bonchev–Trinajstić information content (AvgIpc) is 3.91. The highest BCUT2D eigenvalue weighted by Crippen LogP contribution is 2.45. The van der Waals surface area contributed by atoms with Crippen molar-refractivity contribution in [1.82, 2.24) is 9.55 Å². The van der Waals surface area contributed by atoms with E-state index in [0.717, 1.165) is 55.7 Å². The zero-order valence-electron chi connectivity index (χ0n) is 27.9. The lowest BCUT2D eigenvalue weighted by molar-refractivity contribution is 0.623. The fourth-order valence-corrected chi connectivity index (χ4v) is 8.95. The molecule has 11 rings (SSSR count). The summed E-state index contributed by atoms with van der Waals surface area (Å²) in [5, 5.41) is 7.10. The molecular formula is C47H29N3OS. The highest BCUT2D eigenvalue weighted by Gasteiger charge is 2.21. The Hall–Kier alpha value is -6.69. The van der Waals surface area contributed by atoms with E-state index in [0.29, 0.717) is 5.89 Å². The van der Waals surface area contributed by atoms with Gasteiger partial charge in [0.15, 0.2) is 5.58 Å². The van der Waals surface area contributed by atoms with Crippen molar-refractivity contribution in [2.45, 2.75) is 0 Å². The van der Waals surface area contributed by atoms with Crippen LogP contribution < -0.4 is 4.90 Å². The Labute approximate surface area is 303 Å². The van der Waals surface area contributed by atoms with Crippen LogP contribution in [0.1, 0.15) is 0 Å². The number of benzene rings is 8. The van der Waals surface area contributed by atoms with Gasteiger partial charge in [-0.3, -0.25) is 0 Å². The number of hydrogen-bond donors (Lipinski definition) is 0. The normalized spacial score (nSPS) is 11.8. The fourth-order valence-electron chi connectivity index (χ4n) is 7.86. The minimum atomic E-state index is 0.624. The molecule has 0 saturated carbocycles. The zero-order chi connectivity index (χ0) is 34.2. The summed E-state index contributed by atoms with van der Waals surface area (Å²) in [5.41, 5.74) is 9.30. The van der Waals surface area contributed by atoms with Crippen LogP contribution in [0.15, 0.2) is 180 Å². The summed E-state index contributed by atoms with van der Waals surface area (Å²) in [7, 11) is 0. The predicted molar refractivity (Wildman–Crippen MR) is 219 cm³/mol. The van der Waals surface area contributed by atoms with Gasteiger partial charge in [0.2, 0.25) is 5.89 Å². The van der Waals surface area contributed by atoms with Crippen molar-refractivity contribution in [3.63, 3.8) is 0 Å². The van der Waals surface area contributed by atoms with Crippen LogP contribution in [0.2, 0.25) is 0 Å². The number of oxazole rings is 1. The van der Waals surface area contributed by atoms with Gasteiger partial charge in [0.25, 0.3) is 0 Å². The zero-order valence-corrected chi connectivity index (χ0v) is 28.7. The summed E-state index contributed by atoms with van der Waals surface area (Å²) in [4.78, 5) is 7.30. The lowest BCUT2D eigenvalue weighted by atomic mass is 10.0. The molecule has 0 saturated heterocycles. The van der Waals surface area contributed by atoms with E-state index in [1.54, 1.807) is 0 Å². The molecule has 0 bridgehead atoms. The van der Waals surface area contributed by atoms with E-state index in [9.17, 15) is 0 Å². The van der Waals surface area contributed by atoms with Crippen LogP contribution in [0.4, 0.5) is 17.1 Å². The molecule has 4 nitrogen and oxygen atoms in total. The van der Waals surface area contributed by atoms with Crippen molar-refractivity contribution >= 4 is 92.2 Å². The second kappa shape index (κ2) is 11.4. The fraction of sp³-hybridized carbons (Fsp3) is 0. The van der Waals surface area contributed by atoms with Gasteiger partial charge >= 0.3 is 0 Å². The van der Waals surface area contributed by atoms with Gasteiger partial charge < -0.3 is 13.9 Å². The van der Waals surface area contributed by atoms with Crippen LogP contribution in [0.3, 0.4) is 0 Å². The molecule has 0 aliphatic rings. The third-order valence-electron chi connectivity index (χ3n) is 10.2. The maximum Gasteiger partial charge on any atom is 0.227 e. The summed E-state index contributed by atoms with van der Waals surface area (Å²) in [6.45, 7) is 0. The minimum absolute atomic E-state index is 0.624. The van der Waals surface area contributed by atoms with Gasteiger partial charge in [-0.2, -0.15) is 0 Å². The maximum absolute atomic E-state index is 6.53. The van der Waals surface area contributed by atoms with Crippen molar-refractivity contribution in [3.8, 4) is 17.1 Å². The first-order valence-corrected chi connectivity index (χ1v) is 18.3. The van der Waals surface area contributed by atoms with Crippen molar-refractivity contribution in [2.24, 2.45) is 0 Å². The van der Waals surface area contributed by atoms with Crippen LogP contribution in [0, 0.1) is 0 Å². The molecule has 244 valence electrons. The standard InChI is InChI=1S/C47H29N3OS/c1-3-12-30(13-4-1)47-48-40-26-25-36-38(46(40)51-47)18-11-20-41(36)49(32-23-27-45-39(28-32)37-17-8-10-21-44(37)52-45)33-22-24-35-34-16-7-9-19-42(34)50(43(35)29-33)31-14-5-2-6-15-31/h1-29H. The van der Waals surface area contributed by atoms with Crippen molar-refractivity contribution < 1.29 is 4.42 Å². The molecule has 0 atom stereocenters. The van der Waals surface area contributed by atoms with Gasteiger partial charge in [-0.1, -0.05) is 91.0 Å². The topological polar surface area (TPSA) is 34.2 Å². The monoisotopic (exact) mass is 683 g/mol. The number of nitrogens with zero attached hydrogens (tertiary/aromatic N) is 3. The summed E-state index contributed by atoms with van der Waals surface area (Å²) >= 11 is 1.84. The number of aromatic nitrogens is 2. The van der Waals surface area contributed by atoms with E-state index in [2.05, 4.69) is 155 Å². The molecule has 0 fully saturated rings. The van der Waals surface area contributed by atoms with Crippen LogP contribution >= 0.6 is 11.3 Å². The Bertz CT molecular complexity index is 3140. The first-order chi connectivity index (χ1) is 25.8. The number of thiophene rings is 1. The van der Waals surface area contributed by atoms with E-state index in [4.69, 9.17) is 9.40 Å². The molecule has 3 heterocycles. The second-order valence-corrected chi connectivity index (χ2v) is 14.3. The highest BCUT2D eigenvalue weighted by molar-refractivity contribution is 7.25. The number of anilines is 3. The number of fused-ring (bicyclic) bond motifs is 9. The van der Waals surface area contributed by atoms with Gasteiger partial charge in [-0.15, -0.1) is 11.3 Å². The number of rotatable bonds is 5. The Kier molecular flexibility index (Phi) is 6.39. The first kappa shape index (κ1) is 29.1. The number of hydrogen-bond acceptors (Lipinski definition) is 4. The van der Waals surface area contributed by atoms with Crippen LogP contribution in [0.5, 0.6) is 0 Å². The lowest BCUT2D eigenvalue weighted by Gasteiger charge is -2.27. The Morgan fingerprint density at radius 2 is 1.15 bits per heavy atom. The van der Waals surface area contributed by atoms with Gasteiger partial charge in [0, 0.05) is 64.3 Å². The summed E-state index contributed by atoms with van der Waals surface area (Å²) in [6.07, 6.45) is 0. The smallest absolute Gasteiger partial charge is 0.227 e. The second-order valence-electron chi connectivity index (χ2n) is 13.2. The van der Waals surface area contributed by atoms with E-state index in [1.807, 2.05) is 41.7 Å². The van der Waals surface area contributed by atoms with E-state index >= 15 is 0 Å². The molecule has 8 aromatic carbocycles. The Balaban J connectivity index is 1.19. The predicted octanol–water partition coefficient (Wildman–Crippen LogP) is 13.6. The SMILES string of the molecule is c1ccc(-c2nc3ccc4c(N(c5ccc6sc7ccccc7c6c5)c5ccc6c7ccccc7n(-c7ccccc7)c6c5)cccc4c3o2)cc1. The molecule has 52 heavy (non-hydrogen) atoms. The van der Waals surface area contributed by atoms with Gasteiger partial charge in [0.1, 0.15) is 5.52 Å². The van der Waals surface area contributed by atoms with Crippen LogP contribution in [-0.4, -0.2) is 9.55 Å². The van der Waals surface area contributed by atoms with E-state index in [1.165, 1.54) is 36.5 Å². The largest absolute Gasteiger partial charge is 0.435 e. The third-order valence-corrected chi connectivity index (χ3v) is 11.4. The molecule has 0 N–H and O–H groups in total. The molecular weight excluding hydrogens is 655 g/mol. The Morgan fingerprint density at radius 1 is 0.481 bits per heavy atom. The van der Waals surface area contributed by atoms with Crippen molar-refractivity contribution in [1.29, 1.82) is 0 Å². The summed E-state index contributed by atoms with van der Waals surface area (Å²) in [6, 6.07) is 62.7. The summed E-state index contributed by atoms with van der Waals surface area (Å²) < 4.78 is 11.5. The van der Waals surface area contributed by atoms with E-state index < -0.39 is 0 Å². The Morgan fingerprint density at radius 3 is 2.04 bits per heavy atom. The molecule has 0 radical (unpaired) electrons. The summed E-state index contributed by atoms with van der Waals surface area (Å²) in [5.74, 6) is 0.624. The molecule has 0 amide bonds. The lowest BCUT2D eigenvalue weighted by Crippen LogP contribution is -2.10. The van der Waals surface area contributed by atoms with Gasteiger partial charge in [-0.05, 0) is 84.9 Å². The minimum Gasteiger partial charge on any atom is -0.435 e. The first-order valence-electron chi connectivity index (χ1n) is 17.5. The maximum atomic E-state index is 6.53. The average molecular weight is 684 g/mol. The van der Waals surface area contributed by atoms with Gasteiger partial charge in [-0.25, -0.2) is 4.98 Å². The number of para-hydroxylation sites is 2. The van der Waals surface area contributed by atoms with Crippen molar-refractivity contribution in [2.75, 3.05) is 4.90 Å². The van der Waals surface area contributed by atoms with Gasteiger partial charge in [0.05, 0.1) is 16.7 Å². The van der Waals surface area contributed by atoms with Crippen molar-refractivity contribution in [3.05, 3.63) is 176 Å². The van der Waals surface area contributed by atoms with Crippen LogP contribution in [-0.2, 0) is 0 Å². The molecule has 0 aliphatic heterocycles. The third kappa shape index (κ3) is 4.43. The highest BCUT2D eigenvalue weighted by atomic mass is 32.1. The molecule has 0 spiro atoms. The quantitative estimate of drug-likeness (QED) is 0.181. The molecule has 5 heteroatoms. The molecule has 11 aromatic rings. The molecule has 0 aliphatic carbocycles. The molecule has 3 aromatic heterocycles. The molecule has 0 unspecified atom stereocenters. The van der Waals surface area contributed by atoms with Crippen LogP contribution in [0.25, 0.3) is 81.0 Å².